The lowest BCUT2D eigenvalue weighted by Crippen LogP contribution is -2.36. The number of nitrogens with zero attached hydrogens (tertiary/aromatic N) is 1. The Labute approximate surface area is 107 Å². The smallest absolute Gasteiger partial charge is 0.123 e. The van der Waals surface area contributed by atoms with Crippen LogP contribution in [-0.4, -0.2) is 42.9 Å². The number of rotatable bonds is 5. The zero-order chi connectivity index (χ0) is 12.8. The van der Waals surface area contributed by atoms with Gasteiger partial charge < -0.3 is 9.84 Å². The van der Waals surface area contributed by atoms with Crippen LogP contribution < -0.4 is 0 Å². The first-order chi connectivity index (χ1) is 8.75. The molecule has 0 spiro atoms. The van der Waals surface area contributed by atoms with Crippen LogP contribution in [0.3, 0.4) is 0 Å². The molecule has 1 atom stereocenters. The number of ether oxygens (including phenoxy) is 1. The number of hydrogen-bond donors (Lipinski definition) is 1. The van der Waals surface area contributed by atoms with E-state index >= 15 is 0 Å². The fraction of sp³-hybridized carbons (Fsp3) is 0.571. The summed E-state index contributed by atoms with van der Waals surface area (Å²) in [5.41, 5.74) is 0.790. The van der Waals surface area contributed by atoms with E-state index in [-0.39, 0.29) is 5.82 Å². The summed E-state index contributed by atoms with van der Waals surface area (Å²) in [5, 5.41) is 9.98. The molecule has 1 N–H and O–H groups in total. The molecule has 1 saturated heterocycles. The van der Waals surface area contributed by atoms with Gasteiger partial charge in [-0.1, -0.05) is 12.1 Å². The van der Waals surface area contributed by atoms with Gasteiger partial charge in [-0.15, -0.1) is 0 Å². The molecule has 1 unspecified atom stereocenters. The van der Waals surface area contributed by atoms with Crippen molar-refractivity contribution in [2.24, 2.45) is 0 Å². The van der Waals surface area contributed by atoms with Gasteiger partial charge >= 0.3 is 0 Å². The van der Waals surface area contributed by atoms with Crippen molar-refractivity contribution in [2.75, 3.05) is 32.8 Å². The second-order valence-corrected chi connectivity index (χ2v) is 4.66. The highest BCUT2D eigenvalue weighted by Gasteiger charge is 2.12. The van der Waals surface area contributed by atoms with Crippen LogP contribution in [-0.2, 0) is 4.74 Å². The molecule has 1 aromatic carbocycles. The Hall–Kier alpha value is -0.970. The quantitative estimate of drug-likeness (QED) is 0.871. The van der Waals surface area contributed by atoms with Crippen molar-refractivity contribution in [3.63, 3.8) is 0 Å². The Kier molecular flexibility index (Phi) is 5.11. The lowest BCUT2D eigenvalue weighted by Gasteiger charge is -2.26. The first kappa shape index (κ1) is 13.5. The van der Waals surface area contributed by atoms with Crippen LogP contribution in [0.25, 0.3) is 0 Å². The van der Waals surface area contributed by atoms with Gasteiger partial charge in [0.25, 0.3) is 0 Å². The van der Waals surface area contributed by atoms with Crippen LogP contribution in [0.1, 0.15) is 24.5 Å². The Morgan fingerprint density at radius 1 is 1.22 bits per heavy atom. The molecule has 0 aromatic heterocycles. The summed E-state index contributed by atoms with van der Waals surface area (Å²) in [7, 11) is 0. The van der Waals surface area contributed by atoms with Gasteiger partial charge in [0.05, 0.1) is 19.3 Å². The van der Waals surface area contributed by atoms with Crippen LogP contribution in [0.15, 0.2) is 24.3 Å². The van der Waals surface area contributed by atoms with Crippen LogP contribution in [0.2, 0.25) is 0 Å². The van der Waals surface area contributed by atoms with Crippen molar-refractivity contribution in [1.29, 1.82) is 0 Å². The molecule has 1 aromatic rings. The van der Waals surface area contributed by atoms with Crippen LogP contribution in [0.4, 0.5) is 4.39 Å². The van der Waals surface area contributed by atoms with E-state index in [0.29, 0.717) is 6.42 Å². The minimum Gasteiger partial charge on any atom is -0.388 e. The van der Waals surface area contributed by atoms with Gasteiger partial charge in [0.15, 0.2) is 0 Å². The zero-order valence-corrected chi connectivity index (χ0v) is 10.5. The molecule has 3 nitrogen and oxygen atoms in total. The minimum atomic E-state index is -0.494. The largest absolute Gasteiger partial charge is 0.388 e. The van der Waals surface area contributed by atoms with Crippen molar-refractivity contribution in [3.05, 3.63) is 35.6 Å². The summed E-state index contributed by atoms with van der Waals surface area (Å²) in [4.78, 5) is 2.35. The molecule has 0 aliphatic carbocycles. The normalized spacial score (nSPS) is 18.8. The van der Waals surface area contributed by atoms with Gasteiger partial charge in [0, 0.05) is 13.1 Å². The standard InChI is InChI=1S/C14H20FNO2/c15-13-5-3-12(4-6-13)14(17)2-1-7-16-8-10-18-11-9-16/h3-6,14,17H,1-2,7-11H2. The second-order valence-electron chi connectivity index (χ2n) is 4.66. The van der Waals surface area contributed by atoms with E-state index in [1.807, 2.05) is 0 Å². The number of hydrogen-bond acceptors (Lipinski definition) is 3. The van der Waals surface area contributed by atoms with E-state index in [9.17, 15) is 9.50 Å². The van der Waals surface area contributed by atoms with E-state index in [1.54, 1.807) is 12.1 Å². The van der Waals surface area contributed by atoms with Crippen LogP contribution in [0, 0.1) is 5.82 Å². The zero-order valence-electron chi connectivity index (χ0n) is 10.5. The van der Waals surface area contributed by atoms with Crippen molar-refractivity contribution in [2.45, 2.75) is 18.9 Å². The first-order valence-electron chi connectivity index (χ1n) is 6.49. The van der Waals surface area contributed by atoms with Gasteiger partial charge in [0.2, 0.25) is 0 Å². The van der Waals surface area contributed by atoms with Crippen molar-refractivity contribution < 1.29 is 14.2 Å². The monoisotopic (exact) mass is 253 g/mol. The number of halogens is 1. The van der Waals surface area contributed by atoms with E-state index in [2.05, 4.69) is 4.90 Å². The number of aliphatic hydroxyl groups is 1. The first-order valence-corrected chi connectivity index (χ1v) is 6.49. The molecule has 100 valence electrons. The fourth-order valence-electron chi connectivity index (χ4n) is 2.18. The fourth-order valence-corrected chi connectivity index (χ4v) is 2.18. The van der Waals surface area contributed by atoms with E-state index < -0.39 is 6.10 Å². The highest BCUT2D eigenvalue weighted by Crippen LogP contribution is 2.18. The van der Waals surface area contributed by atoms with Crippen molar-refractivity contribution in [3.8, 4) is 0 Å². The number of morpholine rings is 1. The summed E-state index contributed by atoms with van der Waals surface area (Å²) in [6.07, 6.45) is 1.16. The maximum Gasteiger partial charge on any atom is 0.123 e. The van der Waals surface area contributed by atoms with E-state index in [1.165, 1.54) is 12.1 Å². The highest BCUT2D eigenvalue weighted by molar-refractivity contribution is 5.18. The molecular weight excluding hydrogens is 233 g/mol. The molecule has 2 rings (SSSR count). The van der Waals surface area contributed by atoms with E-state index in [0.717, 1.165) is 44.8 Å². The summed E-state index contributed by atoms with van der Waals surface area (Å²) < 4.78 is 18.0. The average molecular weight is 253 g/mol. The minimum absolute atomic E-state index is 0.265. The van der Waals surface area contributed by atoms with Crippen LogP contribution in [0.5, 0.6) is 0 Å². The Morgan fingerprint density at radius 2 is 1.89 bits per heavy atom. The third kappa shape index (κ3) is 4.05. The average Bonchev–Trinajstić information content (AvgIpc) is 2.40. The molecule has 0 amide bonds. The van der Waals surface area contributed by atoms with Crippen LogP contribution >= 0.6 is 0 Å². The molecule has 0 radical (unpaired) electrons. The molecule has 0 saturated carbocycles. The predicted molar refractivity (Wildman–Crippen MR) is 67.9 cm³/mol. The maximum atomic E-state index is 12.7. The van der Waals surface area contributed by atoms with E-state index in [4.69, 9.17) is 4.74 Å². The van der Waals surface area contributed by atoms with Gasteiger partial charge in [-0.05, 0) is 37.1 Å². The lowest BCUT2D eigenvalue weighted by atomic mass is 10.0. The summed E-state index contributed by atoms with van der Waals surface area (Å²) in [6, 6.07) is 6.07. The van der Waals surface area contributed by atoms with Gasteiger partial charge in [-0.25, -0.2) is 4.39 Å². The Balaban J connectivity index is 1.70. The SMILES string of the molecule is OC(CCCN1CCOCC1)c1ccc(F)cc1. The van der Waals surface area contributed by atoms with Gasteiger partial charge in [-0.3, -0.25) is 4.90 Å². The lowest BCUT2D eigenvalue weighted by molar-refractivity contribution is 0.0352. The molecule has 0 bridgehead atoms. The van der Waals surface area contributed by atoms with Crippen molar-refractivity contribution >= 4 is 0 Å². The predicted octanol–water partition coefficient (Wildman–Crippen LogP) is 1.97. The molecule has 1 aliphatic heterocycles. The molecule has 18 heavy (non-hydrogen) atoms. The second kappa shape index (κ2) is 6.83. The highest BCUT2D eigenvalue weighted by atomic mass is 19.1. The Morgan fingerprint density at radius 3 is 2.56 bits per heavy atom. The summed E-state index contributed by atoms with van der Waals surface area (Å²) in [5.74, 6) is -0.265. The summed E-state index contributed by atoms with van der Waals surface area (Å²) in [6.45, 7) is 4.56. The Bertz CT molecular complexity index is 349. The third-order valence-corrected chi connectivity index (χ3v) is 3.31. The maximum absolute atomic E-state index is 12.7. The number of benzene rings is 1. The third-order valence-electron chi connectivity index (χ3n) is 3.31. The molecular formula is C14H20FNO2. The van der Waals surface area contributed by atoms with Gasteiger partial charge in [0.1, 0.15) is 5.82 Å². The van der Waals surface area contributed by atoms with Gasteiger partial charge in [-0.2, -0.15) is 0 Å². The topological polar surface area (TPSA) is 32.7 Å². The summed E-state index contributed by atoms with van der Waals surface area (Å²) >= 11 is 0. The molecule has 1 fully saturated rings. The molecule has 4 heteroatoms. The van der Waals surface area contributed by atoms with Crippen molar-refractivity contribution in [1.82, 2.24) is 4.90 Å². The molecule has 1 heterocycles. The number of aliphatic hydroxyl groups excluding tert-OH is 1. The molecule has 1 aliphatic rings.